The molecule has 0 aliphatic rings. The second kappa shape index (κ2) is 4.28. The van der Waals surface area contributed by atoms with Crippen LogP contribution in [-0.2, 0) is 10.1 Å². The summed E-state index contributed by atoms with van der Waals surface area (Å²) >= 11 is 0. The Bertz CT molecular complexity index is 421. The molecule has 0 heterocycles. The van der Waals surface area contributed by atoms with E-state index in [1.807, 2.05) is 0 Å². The maximum Gasteiger partial charge on any atom is 0.308 e. The van der Waals surface area contributed by atoms with E-state index in [9.17, 15) is 8.42 Å². The SMILES string of the molecule is C=Cc1ccccc1OS(=O)(=O)CC. The minimum Gasteiger partial charge on any atom is -0.382 e. The molecule has 0 saturated carbocycles. The predicted molar refractivity (Wildman–Crippen MR) is 56.6 cm³/mol. The molecule has 0 saturated heterocycles. The van der Waals surface area contributed by atoms with Crippen molar-refractivity contribution in [3.8, 4) is 5.75 Å². The lowest BCUT2D eigenvalue weighted by Crippen LogP contribution is -2.11. The molecular weight excluding hydrogens is 200 g/mol. The molecule has 0 bridgehead atoms. The van der Waals surface area contributed by atoms with Crippen LogP contribution < -0.4 is 4.18 Å². The zero-order chi connectivity index (χ0) is 10.6. The number of hydrogen-bond acceptors (Lipinski definition) is 3. The summed E-state index contributed by atoms with van der Waals surface area (Å²) in [5, 5.41) is 0. The number of para-hydroxylation sites is 1. The molecule has 1 aromatic rings. The van der Waals surface area contributed by atoms with Crippen LogP contribution in [0.3, 0.4) is 0 Å². The van der Waals surface area contributed by atoms with Crippen LogP contribution in [-0.4, -0.2) is 14.2 Å². The van der Waals surface area contributed by atoms with Crippen molar-refractivity contribution in [1.29, 1.82) is 0 Å². The first-order valence-corrected chi connectivity index (χ1v) is 5.80. The molecule has 76 valence electrons. The number of benzene rings is 1. The van der Waals surface area contributed by atoms with Crippen molar-refractivity contribution in [2.24, 2.45) is 0 Å². The second-order valence-electron chi connectivity index (χ2n) is 2.67. The molecular formula is C10H12O3S. The van der Waals surface area contributed by atoms with Crippen LogP contribution in [0.25, 0.3) is 6.08 Å². The summed E-state index contributed by atoms with van der Waals surface area (Å²) in [4.78, 5) is 0. The zero-order valence-corrected chi connectivity index (χ0v) is 8.75. The van der Waals surface area contributed by atoms with E-state index < -0.39 is 10.1 Å². The van der Waals surface area contributed by atoms with Crippen LogP contribution in [0.4, 0.5) is 0 Å². The Balaban J connectivity index is 3.03. The first-order chi connectivity index (χ1) is 6.59. The van der Waals surface area contributed by atoms with Gasteiger partial charge >= 0.3 is 10.1 Å². The van der Waals surface area contributed by atoms with Gasteiger partial charge in [0.25, 0.3) is 0 Å². The summed E-state index contributed by atoms with van der Waals surface area (Å²) in [5.74, 6) is 0.280. The molecule has 0 unspecified atom stereocenters. The fourth-order valence-corrected chi connectivity index (χ4v) is 1.46. The van der Waals surface area contributed by atoms with Gasteiger partial charge in [0.1, 0.15) is 5.75 Å². The molecule has 1 aromatic carbocycles. The Morgan fingerprint density at radius 2 is 2.07 bits per heavy atom. The standard InChI is InChI=1S/C10H12O3S/c1-3-9-7-5-6-8-10(9)13-14(11,12)4-2/h3,5-8H,1,4H2,2H3. The Morgan fingerprint density at radius 3 is 2.64 bits per heavy atom. The van der Waals surface area contributed by atoms with Gasteiger partial charge in [-0.25, -0.2) is 0 Å². The third kappa shape index (κ3) is 2.60. The lowest BCUT2D eigenvalue weighted by Gasteiger charge is -2.07. The molecule has 3 nitrogen and oxygen atoms in total. The van der Waals surface area contributed by atoms with Crippen LogP contribution in [0.1, 0.15) is 12.5 Å². The second-order valence-corrected chi connectivity index (χ2v) is 4.53. The Labute approximate surface area is 84.1 Å². The van der Waals surface area contributed by atoms with Gasteiger partial charge in [0.05, 0.1) is 5.75 Å². The molecule has 0 amide bonds. The zero-order valence-electron chi connectivity index (χ0n) is 7.93. The largest absolute Gasteiger partial charge is 0.382 e. The van der Waals surface area contributed by atoms with E-state index in [1.165, 1.54) is 6.92 Å². The maximum absolute atomic E-state index is 11.2. The van der Waals surface area contributed by atoms with Crippen LogP contribution in [0.15, 0.2) is 30.8 Å². The van der Waals surface area contributed by atoms with E-state index in [0.29, 0.717) is 11.3 Å². The van der Waals surface area contributed by atoms with Crippen molar-refractivity contribution in [2.75, 3.05) is 5.75 Å². The van der Waals surface area contributed by atoms with Crippen molar-refractivity contribution < 1.29 is 12.6 Å². The van der Waals surface area contributed by atoms with Gasteiger partial charge in [-0.15, -0.1) is 0 Å². The van der Waals surface area contributed by atoms with Crippen LogP contribution in [0.2, 0.25) is 0 Å². The Kier molecular flexibility index (Phi) is 3.30. The van der Waals surface area contributed by atoms with Gasteiger partial charge in [0.2, 0.25) is 0 Å². The molecule has 0 aromatic heterocycles. The van der Waals surface area contributed by atoms with Crippen molar-refractivity contribution >= 4 is 16.2 Å². The predicted octanol–water partition coefficient (Wildman–Crippen LogP) is 2.06. The maximum atomic E-state index is 11.2. The average Bonchev–Trinajstić information content (AvgIpc) is 2.18. The van der Waals surface area contributed by atoms with E-state index in [1.54, 1.807) is 30.3 Å². The monoisotopic (exact) mass is 212 g/mol. The third-order valence-electron chi connectivity index (χ3n) is 1.71. The highest BCUT2D eigenvalue weighted by Gasteiger charge is 2.10. The van der Waals surface area contributed by atoms with Gasteiger partial charge in [0, 0.05) is 5.56 Å². The molecule has 0 aliphatic heterocycles. The van der Waals surface area contributed by atoms with Crippen LogP contribution >= 0.6 is 0 Å². The Morgan fingerprint density at radius 1 is 1.43 bits per heavy atom. The van der Waals surface area contributed by atoms with Gasteiger partial charge in [0.15, 0.2) is 0 Å². The molecule has 0 fully saturated rings. The minimum atomic E-state index is -3.45. The molecule has 0 aliphatic carbocycles. The van der Waals surface area contributed by atoms with Gasteiger partial charge < -0.3 is 4.18 Å². The summed E-state index contributed by atoms with van der Waals surface area (Å²) in [7, 11) is -3.45. The van der Waals surface area contributed by atoms with Gasteiger partial charge in [-0.05, 0) is 13.0 Å². The first-order valence-electron chi connectivity index (χ1n) is 4.22. The third-order valence-corrected chi connectivity index (χ3v) is 2.85. The molecule has 1 rings (SSSR count). The Hall–Kier alpha value is -1.29. The van der Waals surface area contributed by atoms with Gasteiger partial charge in [-0.3, -0.25) is 0 Å². The highest BCUT2D eigenvalue weighted by molar-refractivity contribution is 7.87. The highest BCUT2D eigenvalue weighted by atomic mass is 32.2. The summed E-state index contributed by atoms with van der Waals surface area (Å²) < 4.78 is 27.2. The number of rotatable bonds is 4. The summed E-state index contributed by atoms with van der Waals surface area (Å²) in [5.41, 5.74) is 0.671. The van der Waals surface area contributed by atoms with Crippen LogP contribution in [0, 0.1) is 0 Å². The highest BCUT2D eigenvalue weighted by Crippen LogP contribution is 2.20. The van der Waals surface area contributed by atoms with Gasteiger partial charge in [-0.1, -0.05) is 30.9 Å². The molecule has 0 atom stereocenters. The molecule has 0 spiro atoms. The van der Waals surface area contributed by atoms with E-state index in [2.05, 4.69) is 6.58 Å². The average molecular weight is 212 g/mol. The fraction of sp³-hybridized carbons (Fsp3) is 0.200. The van der Waals surface area contributed by atoms with Gasteiger partial charge in [-0.2, -0.15) is 8.42 Å². The van der Waals surface area contributed by atoms with Crippen molar-refractivity contribution in [1.82, 2.24) is 0 Å². The lowest BCUT2D eigenvalue weighted by atomic mass is 10.2. The summed E-state index contributed by atoms with van der Waals surface area (Å²) in [6.07, 6.45) is 1.56. The van der Waals surface area contributed by atoms with E-state index in [0.717, 1.165) is 0 Å². The van der Waals surface area contributed by atoms with Crippen LogP contribution in [0.5, 0.6) is 5.75 Å². The topological polar surface area (TPSA) is 43.4 Å². The normalized spacial score (nSPS) is 10.9. The molecule has 4 heteroatoms. The minimum absolute atomic E-state index is 0.0432. The van der Waals surface area contributed by atoms with E-state index >= 15 is 0 Å². The lowest BCUT2D eigenvalue weighted by molar-refractivity contribution is 0.487. The summed E-state index contributed by atoms with van der Waals surface area (Å²) in [6, 6.07) is 6.85. The number of hydrogen-bond donors (Lipinski definition) is 0. The van der Waals surface area contributed by atoms with Crippen molar-refractivity contribution in [3.05, 3.63) is 36.4 Å². The summed E-state index contributed by atoms with van der Waals surface area (Å²) in [6.45, 7) is 5.11. The van der Waals surface area contributed by atoms with E-state index in [-0.39, 0.29) is 5.75 Å². The quantitative estimate of drug-likeness (QED) is 0.717. The first kappa shape index (κ1) is 10.8. The van der Waals surface area contributed by atoms with E-state index in [4.69, 9.17) is 4.18 Å². The fourth-order valence-electron chi connectivity index (χ4n) is 0.921. The molecule has 0 N–H and O–H groups in total. The van der Waals surface area contributed by atoms with Crippen molar-refractivity contribution in [3.63, 3.8) is 0 Å². The smallest absolute Gasteiger partial charge is 0.308 e. The molecule has 14 heavy (non-hydrogen) atoms. The van der Waals surface area contributed by atoms with Crippen molar-refractivity contribution in [2.45, 2.75) is 6.92 Å². The molecule has 0 radical (unpaired) electrons.